The lowest BCUT2D eigenvalue weighted by Crippen LogP contribution is -2.58. The van der Waals surface area contributed by atoms with Crippen molar-refractivity contribution in [1.82, 2.24) is 20.2 Å². The van der Waals surface area contributed by atoms with E-state index in [4.69, 9.17) is 0 Å². The van der Waals surface area contributed by atoms with Crippen molar-refractivity contribution >= 4 is 23.4 Å². The predicted molar refractivity (Wildman–Crippen MR) is 134 cm³/mol. The average Bonchev–Trinajstić information content (AvgIpc) is 3.16. The van der Waals surface area contributed by atoms with Gasteiger partial charge in [-0.1, -0.05) is 53.9 Å². The second-order valence-corrected chi connectivity index (χ2v) is 12.2. The maximum Gasteiger partial charge on any atom is 0.297 e. The topological polar surface area (TPSA) is 105 Å². The third-order valence-electron chi connectivity index (χ3n) is 8.44. The molecule has 0 unspecified atom stereocenters. The van der Waals surface area contributed by atoms with Crippen molar-refractivity contribution in [3.63, 3.8) is 0 Å². The number of hydrogen-bond donors (Lipinski definition) is 1. The molecule has 0 aromatic carbocycles. The highest BCUT2D eigenvalue weighted by Gasteiger charge is 2.66. The van der Waals surface area contributed by atoms with E-state index in [0.717, 1.165) is 38.6 Å². The molecule has 1 saturated heterocycles. The van der Waals surface area contributed by atoms with Crippen molar-refractivity contribution in [3.8, 4) is 0 Å². The number of piperidine rings is 1. The summed E-state index contributed by atoms with van der Waals surface area (Å²) in [7, 11) is 0. The summed E-state index contributed by atoms with van der Waals surface area (Å²) < 4.78 is 0. The zero-order valence-corrected chi connectivity index (χ0v) is 21.9. The summed E-state index contributed by atoms with van der Waals surface area (Å²) in [5.41, 5.74) is 0.0881. The molecule has 3 amide bonds. The van der Waals surface area contributed by atoms with Crippen molar-refractivity contribution in [2.75, 3.05) is 6.54 Å². The van der Waals surface area contributed by atoms with Gasteiger partial charge in [-0.25, -0.2) is 9.98 Å². The Morgan fingerprint density at radius 2 is 1.83 bits per heavy atom. The first kappa shape index (κ1) is 25.5. The molecular formula is C27H39N5O3. The fourth-order valence-electron chi connectivity index (χ4n) is 6.26. The van der Waals surface area contributed by atoms with E-state index in [0.29, 0.717) is 11.8 Å². The van der Waals surface area contributed by atoms with E-state index in [2.05, 4.69) is 41.0 Å². The van der Waals surface area contributed by atoms with E-state index in [1.165, 1.54) is 18.6 Å². The van der Waals surface area contributed by atoms with Crippen LogP contribution in [0.1, 0.15) is 84.1 Å². The van der Waals surface area contributed by atoms with Gasteiger partial charge in [0.1, 0.15) is 17.4 Å². The number of aromatic nitrogens is 2. The molecule has 2 saturated carbocycles. The third kappa shape index (κ3) is 5.02. The Morgan fingerprint density at radius 3 is 2.37 bits per heavy atom. The van der Waals surface area contributed by atoms with Gasteiger partial charge in [0, 0.05) is 30.9 Å². The number of nitrogens with zero attached hydrogens (tertiary/aromatic N) is 4. The van der Waals surface area contributed by atoms with E-state index in [-0.39, 0.29) is 34.7 Å². The van der Waals surface area contributed by atoms with E-state index in [1.807, 2.05) is 25.7 Å². The van der Waals surface area contributed by atoms with Crippen LogP contribution in [0.3, 0.4) is 0 Å². The molecule has 3 aliphatic rings. The molecule has 190 valence electrons. The molecule has 2 aliphatic carbocycles. The summed E-state index contributed by atoms with van der Waals surface area (Å²) in [6.45, 7) is 13.3. The van der Waals surface area contributed by atoms with Crippen molar-refractivity contribution in [1.29, 1.82) is 0 Å². The van der Waals surface area contributed by atoms with Crippen LogP contribution in [0.15, 0.2) is 23.6 Å². The first-order valence-electron chi connectivity index (χ1n) is 12.9. The van der Waals surface area contributed by atoms with Crippen LogP contribution in [0.2, 0.25) is 0 Å². The molecule has 3 fully saturated rings. The number of hydrogen-bond acceptors (Lipinski definition) is 5. The average molecular weight is 482 g/mol. The minimum Gasteiger partial charge on any atom is -0.339 e. The molecule has 2 heterocycles. The van der Waals surface area contributed by atoms with Crippen LogP contribution < -0.4 is 5.32 Å². The van der Waals surface area contributed by atoms with Gasteiger partial charge in [0.25, 0.3) is 11.8 Å². The smallest absolute Gasteiger partial charge is 0.297 e. The Bertz CT molecular complexity index is 1010. The second-order valence-electron chi connectivity index (χ2n) is 12.2. The van der Waals surface area contributed by atoms with Gasteiger partial charge in [0.15, 0.2) is 0 Å². The van der Waals surface area contributed by atoms with Crippen molar-refractivity contribution in [2.24, 2.45) is 33.6 Å². The number of carbonyl (C=O) groups is 3. The highest BCUT2D eigenvalue weighted by Crippen LogP contribution is 2.64. The second kappa shape index (κ2) is 9.43. The maximum atomic E-state index is 13.7. The Balaban J connectivity index is 1.57. The monoisotopic (exact) mass is 481 g/mol. The molecular weight excluding hydrogens is 442 g/mol. The maximum absolute atomic E-state index is 13.7. The normalized spacial score (nSPS) is 27.2. The summed E-state index contributed by atoms with van der Waals surface area (Å²) in [6, 6.07) is -0.563. The molecule has 4 rings (SSSR count). The van der Waals surface area contributed by atoms with E-state index >= 15 is 0 Å². The van der Waals surface area contributed by atoms with Crippen LogP contribution in [-0.4, -0.2) is 56.9 Å². The van der Waals surface area contributed by atoms with E-state index in [1.54, 1.807) is 0 Å². The van der Waals surface area contributed by atoms with Gasteiger partial charge in [0.05, 0.1) is 6.20 Å². The molecule has 8 nitrogen and oxygen atoms in total. The Hall–Kier alpha value is -2.64. The Kier molecular flexibility index (Phi) is 6.86. The summed E-state index contributed by atoms with van der Waals surface area (Å²) in [6.07, 6.45) is 8.96. The van der Waals surface area contributed by atoms with Gasteiger partial charge in [0.2, 0.25) is 5.91 Å². The molecule has 1 aliphatic heterocycles. The number of nitrogens with one attached hydrogen (secondary N) is 1. The molecule has 0 spiro atoms. The quantitative estimate of drug-likeness (QED) is 0.646. The molecule has 1 N–H and O–H groups in total. The molecule has 0 bridgehead atoms. The minimum absolute atomic E-state index is 0.0513. The lowest BCUT2D eigenvalue weighted by atomic mass is 9.83. The number of carbonyl (C=O) groups excluding carboxylic acids is 3. The molecule has 4 atom stereocenters. The van der Waals surface area contributed by atoms with Gasteiger partial charge in [-0.2, -0.15) is 0 Å². The van der Waals surface area contributed by atoms with Crippen LogP contribution >= 0.6 is 0 Å². The Morgan fingerprint density at radius 1 is 1.14 bits per heavy atom. The summed E-state index contributed by atoms with van der Waals surface area (Å²) in [5.74, 6) is -0.153. The van der Waals surface area contributed by atoms with Crippen LogP contribution in [0.5, 0.6) is 0 Å². The molecule has 1 aromatic rings. The number of amides is 3. The highest BCUT2D eigenvalue weighted by molar-refractivity contribution is 6.41. The fraction of sp³-hybridized carbons (Fsp3) is 0.704. The first-order chi connectivity index (χ1) is 16.4. The minimum atomic E-state index is -0.710. The lowest BCUT2D eigenvalue weighted by molar-refractivity contribution is -0.140. The van der Waals surface area contributed by atoms with Gasteiger partial charge < -0.3 is 10.2 Å². The van der Waals surface area contributed by atoms with E-state index in [9.17, 15) is 14.4 Å². The van der Waals surface area contributed by atoms with Crippen LogP contribution in [0.4, 0.5) is 0 Å². The predicted octanol–water partition coefficient (Wildman–Crippen LogP) is 3.67. The fourth-order valence-corrected chi connectivity index (χ4v) is 6.26. The number of aliphatic imine (C=N–C) groups is 1. The summed E-state index contributed by atoms with van der Waals surface area (Å²) in [4.78, 5) is 54.4. The zero-order valence-electron chi connectivity index (χ0n) is 21.9. The lowest BCUT2D eigenvalue weighted by Gasteiger charge is -2.37. The van der Waals surface area contributed by atoms with Crippen LogP contribution in [-0.2, 0) is 9.59 Å². The SMILES string of the molecule is C[C@@H]1[C@@H]2[C@H](CN1C(=O)[C@@H](NC(=O)/C(=N/C(=O)c1cnccn1)C1CCCCC1)C(C)(C)C)C2(C)C. The number of rotatable bonds is 5. The molecule has 35 heavy (non-hydrogen) atoms. The number of likely N-dealkylation sites (tertiary alicyclic amines) is 1. The van der Waals surface area contributed by atoms with Crippen molar-refractivity contribution in [2.45, 2.75) is 85.7 Å². The van der Waals surface area contributed by atoms with Gasteiger partial charge in [-0.05, 0) is 42.4 Å². The van der Waals surface area contributed by atoms with Crippen LogP contribution in [0.25, 0.3) is 0 Å². The molecule has 1 aromatic heterocycles. The van der Waals surface area contributed by atoms with Gasteiger partial charge in [-0.3, -0.25) is 19.4 Å². The zero-order chi connectivity index (χ0) is 25.5. The summed E-state index contributed by atoms with van der Waals surface area (Å²) in [5, 5.41) is 3.01. The highest BCUT2D eigenvalue weighted by atomic mass is 16.2. The van der Waals surface area contributed by atoms with Crippen molar-refractivity contribution in [3.05, 3.63) is 24.3 Å². The standard InChI is InChI=1S/C27H39N5O3/c1-16-20-18(27(20,5)6)15-32(16)25(35)22(26(2,3)4)31-24(34)21(17-10-8-7-9-11-17)30-23(33)19-14-28-12-13-29-19/h12-14,16-18,20,22H,7-11,15H2,1-6H3,(H,31,34)/b30-21+/t16-,18+,20-,22-/m1/s1. The molecule has 8 heteroatoms. The van der Waals surface area contributed by atoms with E-state index < -0.39 is 23.3 Å². The first-order valence-corrected chi connectivity index (χ1v) is 12.9. The van der Waals surface area contributed by atoms with Crippen molar-refractivity contribution < 1.29 is 14.4 Å². The summed E-state index contributed by atoms with van der Waals surface area (Å²) >= 11 is 0. The molecule has 0 radical (unpaired) electrons. The largest absolute Gasteiger partial charge is 0.339 e. The third-order valence-corrected chi connectivity index (χ3v) is 8.44. The Labute approximate surface area is 208 Å². The van der Waals surface area contributed by atoms with Gasteiger partial charge >= 0.3 is 0 Å². The van der Waals surface area contributed by atoms with Crippen LogP contribution in [0, 0.1) is 28.6 Å². The van der Waals surface area contributed by atoms with Gasteiger partial charge in [-0.15, -0.1) is 0 Å². The number of fused-ring (bicyclic) bond motifs is 1.